The molecule has 0 bridgehead atoms. The summed E-state index contributed by atoms with van der Waals surface area (Å²) in [5, 5.41) is 11.6. The average molecular weight is 468 g/mol. The molecule has 1 amide bonds. The second-order valence-corrected chi connectivity index (χ2v) is 8.79. The van der Waals surface area contributed by atoms with Crippen LogP contribution in [0.3, 0.4) is 0 Å². The Hall–Kier alpha value is -3.63. The molecule has 0 saturated carbocycles. The minimum atomic E-state index is -0.469. The number of rotatable bonds is 6. The van der Waals surface area contributed by atoms with Crippen LogP contribution in [0.5, 0.6) is 0 Å². The lowest BCUT2D eigenvalue weighted by atomic mass is 10.2. The Morgan fingerprint density at radius 3 is 2.72 bits per heavy atom. The van der Waals surface area contributed by atoms with E-state index in [0.29, 0.717) is 27.2 Å². The number of allylic oxidation sites excluding steroid dienone is 1. The lowest BCUT2D eigenvalue weighted by Crippen LogP contribution is -2.16. The van der Waals surface area contributed by atoms with Gasteiger partial charge in [0.15, 0.2) is 4.80 Å². The van der Waals surface area contributed by atoms with E-state index in [2.05, 4.69) is 11.6 Å². The van der Waals surface area contributed by atoms with Crippen molar-refractivity contribution in [1.29, 1.82) is 0 Å². The van der Waals surface area contributed by atoms with Gasteiger partial charge in [-0.05, 0) is 37.3 Å². The van der Waals surface area contributed by atoms with Crippen molar-refractivity contribution in [2.45, 2.75) is 13.5 Å². The van der Waals surface area contributed by atoms with E-state index in [1.54, 1.807) is 43.3 Å². The minimum Gasteiger partial charge on any atom is -0.462 e. The summed E-state index contributed by atoms with van der Waals surface area (Å²) in [6.45, 7) is 6.23. The fraction of sp³-hybridized carbons (Fsp3) is 0.136. The van der Waals surface area contributed by atoms with Crippen LogP contribution in [0.25, 0.3) is 20.3 Å². The number of thiazole rings is 1. The van der Waals surface area contributed by atoms with Crippen LogP contribution in [0.4, 0.5) is 5.69 Å². The van der Waals surface area contributed by atoms with Crippen molar-refractivity contribution in [3.8, 4) is 0 Å². The number of amides is 1. The highest BCUT2D eigenvalue weighted by molar-refractivity contribution is 7.21. The third-order valence-electron chi connectivity index (χ3n) is 4.62. The Morgan fingerprint density at radius 2 is 2.00 bits per heavy atom. The average Bonchev–Trinajstić information content (AvgIpc) is 3.34. The number of esters is 1. The number of non-ortho nitro benzene ring substituents is 1. The Kier molecular flexibility index (Phi) is 5.97. The fourth-order valence-corrected chi connectivity index (χ4v) is 5.20. The van der Waals surface area contributed by atoms with Crippen LogP contribution in [-0.4, -0.2) is 28.0 Å². The van der Waals surface area contributed by atoms with Gasteiger partial charge in [0.2, 0.25) is 0 Å². The fourth-order valence-electron chi connectivity index (χ4n) is 3.20. The van der Waals surface area contributed by atoms with Crippen LogP contribution >= 0.6 is 22.7 Å². The van der Waals surface area contributed by atoms with Crippen molar-refractivity contribution in [3.63, 3.8) is 0 Å². The molecule has 8 nitrogen and oxygen atoms in total. The Labute approximate surface area is 189 Å². The summed E-state index contributed by atoms with van der Waals surface area (Å²) in [4.78, 5) is 40.6. The molecule has 0 unspecified atom stereocenters. The van der Waals surface area contributed by atoms with Crippen LogP contribution in [-0.2, 0) is 11.3 Å². The molecule has 0 fully saturated rings. The van der Waals surface area contributed by atoms with Gasteiger partial charge in [-0.1, -0.05) is 17.4 Å². The molecule has 10 heteroatoms. The lowest BCUT2D eigenvalue weighted by molar-refractivity contribution is -0.384. The number of hydrogen-bond donors (Lipinski definition) is 0. The van der Waals surface area contributed by atoms with E-state index in [4.69, 9.17) is 4.74 Å². The van der Waals surface area contributed by atoms with E-state index < -0.39 is 16.8 Å². The molecule has 2 heterocycles. The molecule has 0 radical (unpaired) electrons. The Bertz CT molecular complexity index is 1460. The highest BCUT2D eigenvalue weighted by atomic mass is 32.1. The molecule has 4 rings (SSSR count). The van der Waals surface area contributed by atoms with Gasteiger partial charge in [-0.3, -0.25) is 14.9 Å². The van der Waals surface area contributed by atoms with E-state index >= 15 is 0 Å². The highest BCUT2D eigenvalue weighted by Gasteiger charge is 2.15. The molecular formula is C22H17N3O5S2. The summed E-state index contributed by atoms with van der Waals surface area (Å²) in [6.07, 6.45) is 1.70. The van der Waals surface area contributed by atoms with Gasteiger partial charge in [-0.15, -0.1) is 17.9 Å². The molecule has 2 aromatic heterocycles. The van der Waals surface area contributed by atoms with Gasteiger partial charge >= 0.3 is 5.97 Å². The molecule has 0 N–H and O–H groups in total. The number of aromatic nitrogens is 1. The van der Waals surface area contributed by atoms with Crippen molar-refractivity contribution in [2.75, 3.05) is 6.61 Å². The highest BCUT2D eigenvalue weighted by Crippen LogP contribution is 2.29. The second kappa shape index (κ2) is 8.85. The number of nitrogens with zero attached hydrogens (tertiary/aromatic N) is 3. The predicted molar refractivity (Wildman–Crippen MR) is 124 cm³/mol. The first-order valence-corrected chi connectivity index (χ1v) is 11.2. The molecule has 0 aliphatic heterocycles. The van der Waals surface area contributed by atoms with E-state index in [1.807, 2.05) is 4.57 Å². The van der Waals surface area contributed by atoms with E-state index in [0.717, 1.165) is 14.9 Å². The zero-order chi connectivity index (χ0) is 22.8. The standard InChI is InChI=1S/C22H17N3O5S2/c1-3-9-24-16-7-5-13(21(27)30-4-2)11-18(16)32-22(24)23-20(26)19-12-14-10-15(25(28)29)6-8-17(14)31-19/h3,5-8,10-12H,1,4,9H2,2H3. The first kappa shape index (κ1) is 21.6. The maximum Gasteiger partial charge on any atom is 0.338 e. The quantitative estimate of drug-likeness (QED) is 0.173. The normalized spacial score (nSPS) is 11.7. The summed E-state index contributed by atoms with van der Waals surface area (Å²) in [5.41, 5.74) is 1.22. The second-order valence-electron chi connectivity index (χ2n) is 6.69. The van der Waals surface area contributed by atoms with E-state index in [9.17, 15) is 19.7 Å². The molecule has 2 aromatic carbocycles. The number of thiophene rings is 1. The molecule has 0 saturated heterocycles. The molecule has 0 spiro atoms. The number of nitro benzene ring substituents is 1. The summed E-state index contributed by atoms with van der Waals surface area (Å²) in [7, 11) is 0. The molecule has 0 aliphatic carbocycles. The van der Waals surface area contributed by atoms with Crippen LogP contribution < -0.4 is 4.80 Å². The van der Waals surface area contributed by atoms with Crippen molar-refractivity contribution < 1.29 is 19.2 Å². The van der Waals surface area contributed by atoms with Crippen LogP contribution in [0.1, 0.15) is 27.0 Å². The monoisotopic (exact) mass is 467 g/mol. The van der Waals surface area contributed by atoms with Crippen molar-refractivity contribution >= 4 is 60.5 Å². The predicted octanol–water partition coefficient (Wildman–Crippen LogP) is 4.93. The van der Waals surface area contributed by atoms with Gasteiger partial charge in [0, 0.05) is 28.8 Å². The summed E-state index contributed by atoms with van der Waals surface area (Å²) in [5.74, 6) is -0.851. The van der Waals surface area contributed by atoms with Gasteiger partial charge in [-0.2, -0.15) is 4.99 Å². The molecule has 0 atom stereocenters. The van der Waals surface area contributed by atoms with Gasteiger partial charge in [0.05, 0.1) is 32.2 Å². The summed E-state index contributed by atoms with van der Waals surface area (Å²) in [6, 6.07) is 11.3. The first-order valence-electron chi connectivity index (χ1n) is 9.59. The van der Waals surface area contributed by atoms with E-state index in [1.165, 1.54) is 34.8 Å². The number of fused-ring (bicyclic) bond motifs is 2. The van der Waals surface area contributed by atoms with Crippen molar-refractivity contribution in [2.24, 2.45) is 4.99 Å². The van der Waals surface area contributed by atoms with Crippen LogP contribution in [0.15, 0.2) is 60.1 Å². The largest absolute Gasteiger partial charge is 0.462 e. The minimum absolute atomic E-state index is 0.0306. The number of carbonyl (C=O) groups is 2. The number of benzene rings is 2. The van der Waals surface area contributed by atoms with Gasteiger partial charge in [-0.25, -0.2) is 4.79 Å². The van der Waals surface area contributed by atoms with Crippen molar-refractivity contribution in [3.05, 3.63) is 80.5 Å². The third-order valence-corrected chi connectivity index (χ3v) is 6.77. The molecular weight excluding hydrogens is 450 g/mol. The van der Waals surface area contributed by atoms with Crippen molar-refractivity contribution in [1.82, 2.24) is 4.57 Å². The number of hydrogen-bond acceptors (Lipinski definition) is 7. The van der Waals surface area contributed by atoms with Crippen LogP contribution in [0.2, 0.25) is 0 Å². The number of ether oxygens (including phenoxy) is 1. The molecule has 162 valence electrons. The molecule has 0 aliphatic rings. The summed E-state index contributed by atoms with van der Waals surface area (Å²) < 4.78 is 8.46. The summed E-state index contributed by atoms with van der Waals surface area (Å²) >= 11 is 2.52. The maximum atomic E-state index is 12.9. The van der Waals surface area contributed by atoms with Gasteiger partial charge < -0.3 is 9.30 Å². The SMILES string of the molecule is C=CCn1c(=NC(=O)c2cc3cc([N+](=O)[O-])ccc3s2)sc2cc(C(=O)OCC)ccc21. The molecule has 4 aromatic rings. The smallest absolute Gasteiger partial charge is 0.338 e. The number of nitro groups is 1. The van der Waals surface area contributed by atoms with Crippen LogP contribution in [0, 0.1) is 10.1 Å². The Balaban J connectivity index is 1.77. The van der Waals surface area contributed by atoms with Gasteiger partial charge in [0.25, 0.3) is 11.6 Å². The third kappa shape index (κ3) is 4.10. The first-order chi connectivity index (χ1) is 15.4. The Morgan fingerprint density at radius 1 is 1.19 bits per heavy atom. The lowest BCUT2D eigenvalue weighted by Gasteiger charge is -2.03. The topological polar surface area (TPSA) is 104 Å². The van der Waals surface area contributed by atoms with E-state index in [-0.39, 0.29) is 12.3 Å². The molecule has 32 heavy (non-hydrogen) atoms. The zero-order valence-corrected chi connectivity index (χ0v) is 18.6. The van der Waals surface area contributed by atoms with Gasteiger partial charge in [0.1, 0.15) is 0 Å². The maximum absolute atomic E-state index is 12.9. The zero-order valence-electron chi connectivity index (χ0n) is 16.9. The number of carbonyl (C=O) groups excluding carboxylic acids is 2.